The number of rotatable bonds is 3. The predicted octanol–water partition coefficient (Wildman–Crippen LogP) is 2.86. The lowest BCUT2D eigenvalue weighted by Gasteiger charge is -2.38. The monoisotopic (exact) mass is 291 g/mol. The number of hydrogen-bond acceptors (Lipinski definition) is 4. The number of nitrogens with two attached hydrogens (primary N) is 1. The standard InChI is InChI=1S/C16H25N3O2/c1-5-19-9-11(17)13(18-19)14(20)21-12-8-10-6-7-16(12,4)15(10,2)3/h9-10,12H,5-8,17H2,1-4H3. The van der Waals surface area contributed by atoms with Crippen molar-refractivity contribution in [3.63, 3.8) is 0 Å². The van der Waals surface area contributed by atoms with Crippen molar-refractivity contribution in [2.45, 2.75) is 59.6 Å². The molecule has 0 aliphatic heterocycles. The van der Waals surface area contributed by atoms with E-state index in [-0.39, 0.29) is 28.6 Å². The number of carbonyl (C=O) groups is 1. The third kappa shape index (κ3) is 1.89. The second kappa shape index (κ2) is 4.49. The zero-order valence-electron chi connectivity index (χ0n) is 13.3. The third-order valence-corrected chi connectivity index (χ3v) is 6.27. The van der Waals surface area contributed by atoms with E-state index >= 15 is 0 Å². The summed E-state index contributed by atoms with van der Waals surface area (Å²) in [6.07, 6.45) is 4.99. The molecule has 1 aromatic rings. The molecular weight excluding hydrogens is 266 g/mol. The lowest BCUT2D eigenvalue weighted by molar-refractivity contribution is -0.0246. The van der Waals surface area contributed by atoms with Gasteiger partial charge < -0.3 is 10.5 Å². The largest absolute Gasteiger partial charge is 0.457 e. The summed E-state index contributed by atoms with van der Waals surface area (Å²) in [5.74, 6) is 0.264. The van der Waals surface area contributed by atoms with E-state index in [1.807, 2.05) is 6.92 Å². The number of esters is 1. The van der Waals surface area contributed by atoms with E-state index < -0.39 is 0 Å². The molecule has 0 radical (unpaired) electrons. The number of aryl methyl sites for hydroxylation is 1. The van der Waals surface area contributed by atoms with Gasteiger partial charge in [-0.1, -0.05) is 20.8 Å². The van der Waals surface area contributed by atoms with Crippen LogP contribution in [0.2, 0.25) is 0 Å². The van der Waals surface area contributed by atoms with Crippen molar-refractivity contribution in [1.29, 1.82) is 0 Å². The Morgan fingerprint density at radius 1 is 1.52 bits per heavy atom. The van der Waals surface area contributed by atoms with Crippen LogP contribution in [-0.2, 0) is 11.3 Å². The second-order valence-corrected chi connectivity index (χ2v) is 7.29. The van der Waals surface area contributed by atoms with Crippen molar-refractivity contribution in [1.82, 2.24) is 9.78 Å². The van der Waals surface area contributed by atoms with Crippen LogP contribution in [0, 0.1) is 16.7 Å². The number of nitrogen functional groups attached to an aromatic ring is 1. The summed E-state index contributed by atoms with van der Waals surface area (Å²) in [7, 11) is 0. The first kappa shape index (κ1) is 14.4. The van der Waals surface area contributed by atoms with E-state index in [9.17, 15) is 4.79 Å². The van der Waals surface area contributed by atoms with Gasteiger partial charge in [0.25, 0.3) is 0 Å². The van der Waals surface area contributed by atoms with Crippen molar-refractivity contribution in [2.75, 3.05) is 5.73 Å². The maximum Gasteiger partial charge on any atom is 0.361 e. The molecule has 1 aromatic heterocycles. The number of hydrogen-bond donors (Lipinski definition) is 1. The van der Waals surface area contributed by atoms with Gasteiger partial charge in [0, 0.05) is 18.2 Å². The topological polar surface area (TPSA) is 70.1 Å². The van der Waals surface area contributed by atoms with E-state index in [1.54, 1.807) is 10.9 Å². The minimum Gasteiger partial charge on any atom is -0.457 e. The summed E-state index contributed by atoms with van der Waals surface area (Å²) in [4.78, 5) is 12.4. The summed E-state index contributed by atoms with van der Waals surface area (Å²) in [6, 6.07) is 0. The molecule has 5 nitrogen and oxygen atoms in total. The van der Waals surface area contributed by atoms with Gasteiger partial charge in [-0.2, -0.15) is 5.10 Å². The number of ether oxygens (including phenoxy) is 1. The van der Waals surface area contributed by atoms with Gasteiger partial charge in [-0.3, -0.25) is 4.68 Å². The molecule has 2 saturated carbocycles. The van der Waals surface area contributed by atoms with Gasteiger partial charge in [-0.25, -0.2) is 4.79 Å². The van der Waals surface area contributed by atoms with Crippen LogP contribution in [0.5, 0.6) is 0 Å². The highest BCUT2D eigenvalue weighted by Gasteiger charge is 2.62. The first-order valence-electron chi connectivity index (χ1n) is 7.83. The molecule has 2 N–H and O–H groups in total. The van der Waals surface area contributed by atoms with Crippen LogP contribution < -0.4 is 5.73 Å². The highest BCUT2D eigenvalue weighted by molar-refractivity contribution is 5.92. The Morgan fingerprint density at radius 2 is 2.24 bits per heavy atom. The number of fused-ring (bicyclic) bond motifs is 2. The van der Waals surface area contributed by atoms with Crippen LogP contribution >= 0.6 is 0 Å². The minimum atomic E-state index is -0.380. The lowest BCUT2D eigenvalue weighted by atomic mass is 9.70. The minimum absolute atomic E-state index is 0.0232. The Balaban J connectivity index is 1.79. The Bertz CT molecular complexity index is 578. The number of carbonyl (C=O) groups excluding carboxylic acids is 1. The normalized spacial score (nSPS) is 33.3. The molecule has 2 aliphatic carbocycles. The Morgan fingerprint density at radius 3 is 2.71 bits per heavy atom. The van der Waals surface area contributed by atoms with Crippen molar-refractivity contribution in [3.8, 4) is 0 Å². The molecule has 116 valence electrons. The van der Waals surface area contributed by atoms with Crippen LogP contribution in [0.25, 0.3) is 0 Å². The molecule has 3 atom stereocenters. The van der Waals surface area contributed by atoms with Crippen molar-refractivity contribution in [3.05, 3.63) is 11.9 Å². The number of nitrogens with zero attached hydrogens (tertiary/aromatic N) is 2. The Kier molecular flexibility index (Phi) is 3.08. The lowest BCUT2D eigenvalue weighted by Crippen LogP contribution is -2.38. The quantitative estimate of drug-likeness (QED) is 0.869. The van der Waals surface area contributed by atoms with Gasteiger partial charge in [-0.05, 0) is 37.5 Å². The molecule has 0 aromatic carbocycles. The summed E-state index contributed by atoms with van der Waals surface area (Å²) >= 11 is 0. The van der Waals surface area contributed by atoms with Gasteiger partial charge in [0.05, 0.1) is 5.69 Å². The predicted molar refractivity (Wildman–Crippen MR) is 80.7 cm³/mol. The molecule has 3 unspecified atom stereocenters. The van der Waals surface area contributed by atoms with E-state index in [2.05, 4.69) is 25.9 Å². The van der Waals surface area contributed by atoms with E-state index in [0.29, 0.717) is 18.2 Å². The van der Waals surface area contributed by atoms with Gasteiger partial charge >= 0.3 is 5.97 Å². The Hall–Kier alpha value is -1.52. The fourth-order valence-corrected chi connectivity index (χ4v) is 4.25. The first-order chi connectivity index (χ1) is 9.79. The van der Waals surface area contributed by atoms with E-state index in [1.165, 1.54) is 6.42 Å². The van der Waals surface area contributed by atoms with Crippen LogP contribution in [0.3, 0.4) is 0 Å². The zero-order valence-corrected chi connectivity index (χ0v) is 13.3. The van der Waals surface area contributed by atoms with Crippen molar-refractivity contribution >= 4 is 11.7 Å². The van der Waals surface area contributed by atoms with Crippen LogP contribution in [0.1, 0.15) is 57.4 Å². The highest BCUT2D eigenvalue weighted by atomic mass is 16.5. The average Bonchev–Trinajstić information content (AvgIpc) is 2.97. The molecule has 0 spiro atoms. The van der Waals surface area contributed by atoms with Crippen LogP contribution in [0.15, 0.2) is 6.20 Å². The van der Waals surface area contributed by atoms with Gasteiger partial charge in [0.1, 0.15) is 6.10 Å². The number of anilines is 1. The first-order valence-corrected chi connectivity index (χ1v) is 7.83. The molecular formula is C16H25N3O2. The maximum atomic E-state index is 12.4. The summed E-state index contributed by atoms with van der Waals surface area (Å²) < 4.78 is 7.48. The molecule has 0 amide bonds. The van der Waals surface area contributed by atoms with Crippen LogP contribution in [-0.4, -0.2) is 21.9 Å². The highest BCUT2D eigenvalue weighted by Crippen LogP contribution is 2.66. The fourth-order valence-electron chi connectivity index (χ4n) is 4.25. The van der Waals surface area contributed by atoms with Gasteiger partial charge in [-0.15, -0.1) is 0 Å². The van der Waals surface area contributed by atoms with Gasteiger partial charge in [0.15, 0.2) is 5.69 Å². The fraction of sp³-hybridized carbons (Fsp3) is 0.750. The van der Waals surface area contributed by atoms with Gasteiger partial charge in [0.2, 0.25) is 0 Å². The maximum absolute atomic E-state index is 12.4. The summed E-state index contributed by atoms with van der Waals surface area (Å²) in [5, 5.41) is 4.21. The molecule has 1 heterocycles. The molecule has 5 heteroatoms. The SMILES string of the molecule is CCn1cc(N)c(C(=O)OC2CC3CCC2(C)C3(C)C)n1. The second-order valence-electron chi connectivity index (χ2n) is 7.29. The Labute approximate surface area is 125 Å². The smallest absolute Gasteiger partial charge is 0.361 e. The average molecular weight is 291 g/mol. The van der Waals surface area contributed by atoms with Crippen LogP contribution in [0.4, 0.5) is 5.69 Å². The molecule has 0 saturated heterocycles. The third-order valence-electron chi connectivity index (χ3n) is 6.27. The molecule has 2 fully saturated rings. The van der Waals surface area contributed by atoms with E-state index in [4.69, 9.17) is 10.5 Å². The van der Waals surface area contributed by atoms with Crippen molar-refractivity contribution < 1.29 is 9.53 Å². The molecule has 3 rings (SSSR count). The van der Waals surface area contributed by atoms with E-state index in [0.717, 1.165) is 12.8 Å². The summed E-state index contributed by atoms with van der Waals surface area (Å²) in [5.41, 5.74) is 6.81. The molecule has 2 bridgehead atoms. The summed E-state index contributed by atoms with van der Waals surface area (Å²) in [6.45, 7) is 9.51. The number of aromatic nitrogens is 2. The molecule has 2 aliphatic rings. The zero-order chi connectivity index (χ0) is 15.4. The van der Waals surface area contributed by atoms with Crippen molar-refractivity contribution in [2.24, 2.45) is 16.7 Å². The molecule has 21 heavy (non-hydrogen) atoms.